The number of rotatable bonds is 4. The first-order chi connectivity index (χ1) is 11.0. The summed E-state index contributed by atoms with van der Waals surface area (Å²) < 4.78 is 0. The minimum absolute atomic E-state index is 0.0570. The van der Waals surface area contributed by atoms with Gasteiger partial charge in [0.2, 0.25) is 5.91 Å². The molecule has 1 aliphatic rings. The average Bonchev–Trinajstić information content (AvgIpc) is 3.07. The van der Waals surface area contributed by atoms with Gasteiger partial charge in [-0.25, -0.2) is 15.0 Å². The molecule has 0 radical (unpaired) electrons. The van der Waals surface area contributed by atoms with Crippen LogP contribution in [0.5, 0.6) is 0 Å². The van der Waals surface area contributed by atoms with Crippen LogP contribution in [0, 0.1) is 0 Å². The van der Waals surface area contributed by atoms with Crippen molar-refractivity contribution in [1.29, 1.82) is 0 Å². The Morgan fingerprint density at radius 1 is 1.43 bits per heavy atom. The second-order valence-electron chi connectivity index (χ2n) is 6.08. The fourth-order valence-corrected chi connectivity index (χ4v) is 3.20. The summed E-state index contributed by atoms with van der Waals surface area (Å²) >= 11 is 1.47. The second kappa shape index (κ2) is 6.72. The van der Waals surface area contributed by atoms with Crippen LogP contribution in [-0.4, -0.2) is 45.9 Å². The van der Waals surface area contributed by atoms with E-state index >= 15 is 0 Å². The first-order valence-electron chi connectivity index (χ1n) is 7.77. The third kappa shape index (κ3) is 3.56. The number of hydrogen-bond acceptors (Lipinski definition) is 6. The monoisotopic (exact) mass is 331 g/mol. The molecule has 0 fully saturated rings. The molecule has 7 heteroatoms. The number of likely N-dealkylation sites (N-methyl/N-ethyl adjacent to an activating group) is 1. The number of aromatic nitrogens is 3. The van der Waals surface area contributed by atoms with E-state index in [0.717, 1.165) is 29.6 Å². The fraction of sp³-hybridized carbons (Fsp3) is 0.500. The van der Waals surface area contributed by atoms with Crippen molar-refractivity contribution >= 4 is 22.4 Å². The van der Waals surface area contributed by atoms with Gasteiger partial charge in [-0.2, -0.15) is 0 Å². The highest BCUT2D eigenvalue weighted by Gasteiger charge is 2.23. The number of hydrogen-bond donors (Lipinski definition) is 0. The van der Waals surface area contributed by atoms with Crippen LogP contribution in [0.3, 0.4) is 0 Å². The lowest BCUT2D eigenvalue weighted by atomic mass is 10.1. The maximum Gasteiger partial charge on any atom is 0.242 e. The number of anilines is 1. The number of nitrogens with zero attached hydrogens (tertiary/aromatic N) is 5. The van der Waals surface area contributed by atoms with Gasteiger partial charge in [-0.1, -0.05) is 13.8 Å². The Morgan fingerprint density at radius 3 is 2.96 bits per heavy atom. The van der Waals surface area contributed by atoms with Gasteiger partial charge in [0, 0.05) is 43.8 Å². The summed E-state index contributed by atoms with van der Waals surface area (Å²) in [6.07, 6.45) is 4.55. The Morgan fingerprint density at radius 2 is 2.26 bits per heavy atom. The Labute approximate surface area is 140 Å². The first kappa shape index (κ1) is 16.0. The van der Waals surface area contributed by atoms with Crippen molar-refractivity contribution in [3.05, 3.63) is 34.9 Å². The standard InChI is InChI=1S/C16H21N5OS/c1-11(2)15-18-8-12-4-6-21(9-13(12)19-15)10-14(22)20(3)16-17-5-7-23-16/h5,7-8,11H,4,6,9-10H2,1-3H3. The van der Waals surface area contributed by atoms with Crippen molar-refractivity contribution in [2.75, 3.05) is 25.0 Å². The highest BCUT2D eigenvalue weighted by Crippen LogP contribution is 2.20. The number of thiazole rings is 1. The molecule has 122 valence electrons. The Hall–Kier alpha value is -1.86. The molecule has 0 spiro atoms. The third-order valence-corrected chi connectivity index (χ3v) is 4.85. The molecule has 2 aromatic rings. The number of fused-ring (bicyclic) bond motifs is 1. The van der Waals surface area contributed by atoms with Crippen molar-refractivity contribution in [3.63, 3.8) is 0 Å². The van der Waals surface area contributed by atoms with Crippen LogP contribution >= 0.6 is 11.3 Å². The van der Waals surface area contributed by atoms with Gasteiger partial charge < -0.3 is 0 Å². The summed E-state index contributed by atoms with van der Waals surface area (Å²) in [5, 5.41) is 2.61. The van der Waals surface area contributed by atoms with E-state index in [4.69, 9.17) is 0 Å². The lowest BCUT2D eigenvalue weighted by Crippen LogP contribution is -2.41. The quantitative estimate of drug-likeness (QED) is 0.858. The first-order valence-corrected chi connectivity index (χ1v) is 8.65. The molecule has 23 heavy (non-hydrogen) atoms. The van der Waals surface area contributed by atoms with Crippen LogP contribution < -0.4 is 4.90 Å². The van der Waals surface area contributed by atoms with E-state index in [0.29, 0.717) is 19.0 Å². The second-order valence-corrected chi connectivity index (χ2v) is 6.96. The topological polar surface area (TPSA) is 62.2 Å². The number of amides is 1. The summed E-state index contributed by atoms with van der Waals surface area (Å²) in [4.78, 5) is 29.5. The van der Waals surface area contributed by atoms with Crippen LogP contribution in [-0.2, 0) is 17.8 Å². The van der Waals surface area contributed by atoms with Gasteiger partial charge in [0.1, 0.15) is 5.82 Å². The minimum atomic E-state index is 0.0570. The summed E-state index contributed by atoms with van der Waals surface area (Å²) in [5.41, 5.74) is 2.26. The van der Waals surface area contributed by atoms with Crippen molar-refractivity contribution in [2.24, 2.45) is 0 Å². The predicted molar refractivity (Wildman–Crippen MR) is 90.6 cm³/mol. The molecule has 0 unspecified atom stereocenters. The summed E-state index contributed by atoms with van der Waals surface area (Å²) in [6, 6.07) is 0. The van der Waals surface area contributed by atoms with Crippen molar-refractivity contribution < 1.29 is 4.79 Å². The molecule has 0 saturated carbocycles. The predicted octanol–water partition coefficient (Wildman–Crippen LogP) is 2.08. The van der Waals surface area contributed by atoms with Crippen LogP contribution in [0.15, 0.2) is 17.8 Å². The van der Waals surface area contributed by atoms with Crippen molar-refractivity contribution in [2.45, 2.75) is 32.7 Å². The van der Waals surface area contributed by atoms with E-state index in [1.54, 1.807) is 18.1 Å². The van der Waals surface area contributed by atoms with Gasteiger partial charge in [0.25, 0.3) is 0 Å². The van der Waals surface area contributed by atoms with Gasteiger partial charge in [0.05, 0.1) is 12.2 Å². The van der Waals surface area contributed by atoms with E-state index in [1.807, 2.05) is 11.6 Å². The zero-order valence-electron chi connectivity index (χ0n) is 13.7. The van der Waals surface area contributed by atoms with E-state index in [-0.39, 0.29) is 5.91 Å². The molecule has 1 amide bonds. The van der Waals surface area contributed by atoms with Gasteiger partial charge in [-0.3, -0.25) is 14.6 Å². The molecule has 0 atom stereocenters. The van der Waals surface area contributed by atoms with Crippen molar-refractivity contribution in [1.82, 2.24) is 19.9 Å². The van der Waals surface area contributed by atoms with Gasteiger partial charge in [-0.15, -0.1) is 11.3 Å². The molecule has 6 nitrogen and oxygen atoms in total. The molecule has 2 aromatic heterocycles. The summed E-state index contributed by atoms with van der Waals surface area (Å²) in [5.74, 6) is 1.24. The Bertz CT molecular complexity index is 686. The van der Waals surface area contributed by atoms with Crippen LogP contribution in [0.2, 0.25) is 0 Å². The van der Waals surface area contributed by atoms with E-state index < -0.39 is 0 Å². The molecule has 0 aromatic carbocycles. The van der Waals surface area contributed by atoms with E-state index in [9.17, 15) is 4.79 Å². The van der Waals surface area contributed by atoms with Gasteiger partial charge in [0.15, 0.2) is 5.13 Å². The zero-order chi connectivity index (χ0) is 16.4. The van der Waals surface area contributed by atoms with Crippen LogP contribution in [0.25, 0.3) is 0 Å². The Balaban J connectivity index is 1.67. The normalized spacial score (nSPS) is 14.8. The van der Waals surface area contributed by atoms with Gasteiger partial charge >= 0.3 is 0 Å². The molecule has 0 bridgehead atoms. The molecule has 0 saturated heterocycles. The van der Waals surface area contributed by atoms with Crippen LogP contribution in [0.1, 0.15) is 36.8 Å². The van der Waals surface area contributed by atoms with Crippen molar-refractivity contribution in [3.8, 4) is 0 Å². The smallest absolute Gasteiger partial charge is 0.242 e. The van der Waals surface area contributed by atoms with Gasteiger partial charge in [-0.05, 0) is 12.0 Å². The SMILES string of the molecule is CC(C)c1ncc2c(n1)CN(CC(=O)N(C)c1nccs1)CC2. The number of carbonyl (C=O) groups excluding carboxylic acids is 1. The molecule has 3 rings (SSSR count). The molecule has 0 aliphatic carbocycles. The fourth-order valence-electron chi connectivity index (χ4n) is 2.57. The summed E-state index contributed by atoms with van der Waals surface area (Å²) in [7, 11) is 1.78. The lowest BCUT2D eigenvalue weighted by Gasteiger charge is -2.28. The highest BCUT2D eigenvalue weighted by molar-refractivity contribution is 7.13. The maximum atomic E-state index is 12.4. The Kier molecular flexibility index (Phi) is 4.68. The molecule has 0 N–H and O–H groups in total. The highest BCUT2D eigenvalue weighted by atomic mass is 32.1. The molecule has 3 heterocycles. The average molecular weight is 331 g/mol. The van der Waals surface area contributed by atoms with E-state index in [1.165, 1.54) is 16.9 Å². The molecular formula is C16H21N5OS. The lowest BCUT2D eigenvalue weighted by molar-refractivity contribution is -0.119. The largest absolute Gasteiger partial charge is 0.290 e. The van der Waals surface area contributed by atoms with Crippen LogP contribution in [0.4, 0.5) is 5.13 Å². The zero-order valence-corrected chi connectivity index (χ0v) is 14.5. The third-order valence-electron chi connectivity index (χ3n) is 4.00. The molecule has 1 aliphatic heterocycles. The maximum absolute atomic E-state index is 12.4. The van der Waals surface area contributed by atoms with E-state index in [2.05, 4.69) is 33.7 Å². The summed E-state index contributed by atoms with van der Waals surface area (Å²) in [6.45, 7) is 6.13. The number of carbonyl (C=O) groups is 1. The molecular weight excluding hydrogens is 310 g/mol. The minimum Gasteiger partial charge on any atom is -0.290 e.